The molecule has 0 bridgehead atoms. The number of methoxy groups -OCH3 is 1. The number of aromatic nitrogens is 1. The Morgan fingerprint density at radius 2 is 1.72 bits per heavy atom. The van der Waals surface area contributed by atoms with Gasteiger partial charge in [0.15, 0.2) is 11.4 Å². The van der Waals surface area contributed by atoms with E-state index in [0.717, 1.165) is 16.3 Å². The maximum absolute atomic E-state index is 14.3. The minimum absolute atomic E-state index is 0.244. The molecule has 0 saturated carbocycles. The van der Waals surface area contributed by atoms with E-state index >= 15 is 0 Å². The molecule has 1 atom stereocenters. The zero-order valence-corrected chi connectivity index (χ0v) is 26.3. The molecule has 2 heterocycles. The van der Waals surface area contributed by atoms with Crippen molar-refractivity contribution in [1.29, 1.82) is 0 Å². The van der Waals surface area contributed by atoms with Gasteiger partial charge in [0.1, 0.15) is 11.5 Å². The van der Waals surface area contributed by atoms with Gasteiger partial charge in [0.2, 0.25) is 0 Å². The van der Waals surface area contributed by atoms with E-state index in [1.165, 1.54) is 11.3 Å². The molecule has 10 heteroatoms. The molecule has 1 aromatic heterocycles. The van der Waals surface area contributed by atoms with Crippen LogP contribution in [-0.2, 0) is 14.3 Å². The van der Waals surface area contributed by atoms with Crippen molar-refractivity contribution >= 4 is 45.7 Å². The van der Waals surface area contributed by atoms with E-state index in [0.29, 0.717) is 43.4 Å². The van der Waals surface area contributed by atoms with Gasteiger partial charge in [-0.15, -0.1) is 0 Å². The lowest BCUT2D eigenvalue weighted by atomic mass is 9.95. The first-order valence-electron chi connectivity index (χ1n) is 14.7. The Morgan fingerprint density at radius 1 is 0.978 bits per heavy atom. The fraction of sp³-hybridized carbons (Fsp3) is 0.167. The second-order valence-corrected chi connectivity index (χ2v) is 11.5. The van der Waals surface area contributed by atoms with Crippen molar-refractivity contribution < 1.29 is 23.8 Å². The third-order valence-corrected chi connectivity index (χ3v) is 8.57. The zero-order chi connectivity index (χ0) is 32.2. The van der Waals surface area contributed by atoms with E-state index in [1.807, 2.05) is 60.7 Å². The monoisotopic (exact) mass is 633 g/mol. The number of hydrogen-bond acceptors (Lipinski definition) is 8. The molecule has 4 aromatic carbocycles. The second-order valence-electron chi connectivity index (χ2n) is 10.5. The maximum Gasteiger partial charge on any atom is 0.344 e. The quantitative estimate of drug-likeness (QED) is 0.230. The normalized spacial score (nSPS) is 14.4. The maximum atomic E-state index is 14.3. The fourth-order valence-corrected chi connectivity index (χ4v) is 6.48. The van der Waals surface area contributed by atoms with Crippen molar-refractivity contribution in [3.63, 3.8) is 0 Å². The molecule has 1 aliphatic heterocycles. The number of hydrogen-bond donors (Lipinski definition) is 1. The summed E-state index contributed by atoms with van der Waals surface area (Å²) in [4.78, 5) is 45.5. The van der Waals surface area contributed by atoms with E-state index in [2.05, 4.69) is 5.32 Å². The van der Waals surface area contributed by atoms with Crippen LogP contribution in [0.15, 0.2) is 112 Å². The Labute approximate surface area is 268 Å². The lowest BCUT2D eigenvalue weighted by Gasteiger charge is -2.25. The van der Waals surface area contributed by atoms with Crippen molar-refractivity contribution in [2.75, 3.05) is 25.6 Å². The van der Waals surface area contributed by atoms with Crippen molar-refractivity contribution in [3.8, 4) is 11.5 Å². The SMILES string of the molecule is CCOC(=O)COc1ccc2ccccc2c1/C=c1/sc2n(c1=O)[C@H](c1ccc(OC)cc1)C(C(=O)Nc1ccccc1)=C(C)N=2. The molecule has 0 spiro atoms. The third kappa shape index (κ3) is 6.07. The summed E-state index contributed by atoms with van der Waals surface area (Å²) >= 11 is 1.22. The van der Waals surface area contributed by atoms with Crippen LogP contribution in [0, 0.1) is 0 Å². The minimum atomic E-state index is -0.750. The van der Waals surface area contributed by atoms with Gasteiger partial charge in [-0.3, -0.25) is 14.2 Å². The number of rotatable bonds is 9. The van der Waals surface area contributed by atoms with Crippen LogP contribution in [0.5, 0.6) is 11.5 Å². The molecule has 0 fully saturated rings. The van der Waals surface area contributed by atoms with E-state index in [9.17, 15) is 14.4 Å². The Bertz CT molecular complexity index is 2150. The summed E-state index contributed by atoms with van der Waals surface area (Å²) in [5, 5.41) is 4.75. The van der Waals surface area contributed by atoms with E-state index in [-0.39, 0.29) is 24.7 Å². The lowest BCUT2D eigenvalue weighted by Crippen LogP contribution is -2.40. The van der Waals surface area contributed by atoms with Crippen LogP contribution in [-0.4, -0.2) is 36.8 Å². The first-order valence-corrected chi connectivity index (χ1v) is 15.5. The van der Waals surface area contributed by atoms with Crippen LogP contribution in [0.3, 0.4) is 0 Å². The highest BCUT2D eigenvalue weighted by Gasteiger charge is 2.32. The predicted octanol–water partition coefficient (Wildman–Crippen LogP) is 4.98. The number of nitrogens with zero attached hydrogens (tertiary/aromatic N) is 2. The number of carbonyl (C=O) groups excluding carboxylic acids is 2. The van der Waals surface area contributed by atoms with Crippen molar-refractivity contribution in [2.24, 2.45) is 4.99 Å². The van der Waals surface area contributed by atoms with Gasteiger partial charge < -0.3 is 19.5 Å². The Kier molecular flexibility index (Phi) is 8.80. The minimum Gasteiger partial charge on any atom is -0.497 e. The summed E-state index contributed by atoms with van der Waals surface area (Å²) in [6, 6.07) is 27.1. The smallest absolute Gasteiger partial charge is 0.344 e. The Balaban J connectivity index is 1.51. The molecular weight excluding hydrogens is 602 g/mol. The summed E-state index contributed by atoms with van der Waals surface area (Å²) in [5.41, 5.74) is 2.55. The first-order chi connectivity index (χ1) is 22.4. The molecule has 0 saturated heterocycles. The van der Waals surface area contributed by atoms with Gasteiger partial charge in [-0.05, 0) is 66.6 Å². The topological polar surface area (TPSA) is 108 Å². The number of fused-ring (bicyclic) bond motifs is 2. The Hall–Kier alpha value is -5.48. The summed E-state index contributed by atoms with van der Waals surface area (Å²) < 4.78 is 18.3. The molecule has 1 aliphatic rings. The van der Waals surface area contributed by atoms with E-state index < -0.39 is 12.0 Å². The summed E-state index contributed by atoms with van der Waals surface area (Å²) in [5.74, 6) is 0.241. The summed E-state index contributed by atoms with van der Waals surface area (Å²) in [6.45, 7) is 3.48. The van der Waals surface area contributed by atoms with Crippen LogP contribution in [0.4, 0.5) is 5.69 Å². The molecule has 0 radical (unpaired) electrons. The van der Waals surface area contributed by atoms with Crippen LogP contribution in [0.2, 0.25) is 0 Å². The number of carbonyl (C=O) groups is 2. The standard InChI is InChI=1S/C36H31N3O6S/c1-4-44-31(40)21-45-29-19-16-23-10-8-9-13-27(23)28(29)20-30-35(42)39-33(24-14-17-26(43-3)18-15-24)32(22(2)37-36(39)46-30)34(41)38-25-11-6-5-7-12-25/h5-20,33H,4,21H2,1-3H3,(H,38,41)/b30-20+/t33-/m1/s1. The van der Waals surface area contributed by atoms with Gasteiger partial charge in [-0.1, -0.05) is 72.0 Å². The molecular formula is C36H31N3O6S. The summed E-state index contributed by atoms with van der Waals surface area (Å²) in [6.07, 6.45) is 1.76. The molecule has 0 aliphatic carbocycles. The number of anilines is 1. The second kappa shape index (κ2) is 13.3. The molecule has 1 N–H and O–H groups in total. The third-order valence-electron chi connectivity index (χ3n) is 7.59. The number of allylic oxidation sites excluding steroid dienone is 1. The molecule has 232 valence electrons. The van der Waals surface area contributed by atoms with Crippen molar-refractivity contribution in [1.82, 2.24) is 4.57 Å². The molecule has 46 heavy (non-hydrogen) atoms. The van der Waals surface area contributed by atoms with Gasteiger partial charge in [-0.25, -0.2) is 9.79 Å². The highest BCUT2D eigenvalue weighted by molar-refractivity contribution is 7.07. The largest absolute Gasteiger partial charge is 0.497 e. The van der Waals surface area contributed by atoms with Gasteiger partial charge >= 0.3 is 5.97 Å². The van der Waals surface area contributed by atoms with Gasteiger partial charge in [0.25, 0.3) is 11.5 Å². The number of esters is 1. The zero-order valence-electron chi connectivity index (χ0n) is 25.5. The fourth-order valence-electron chi connectivity index (χ4n) is 5.45. The van der Waals surface area contributed by atoms with E-state index in [1.54, 1.807) is 61.9 Å². The highest BCUT2D eigenvalue weighted by atomic mass is 32.1. The molecule has 1 amide bonds. The number of thiazole rings is 1. The number of benzene rings is 4. The van der Waals surface area contributed by atoms with Crippen molar-refractivity contribution in [2.45, 2.75) is 19.9 Å². The first kappa shape index (κ1) is 30.5. The highest BCUT2D eigenvalue weighted by Crippen LogP contribution is 2.32. The molecule has 5 aromatic rings. The van der Waals surface area contributed by atoms with Gasteiger partial charge in [0.05, 0.1) is 35.6 Å². The average Bonchev–Trinajstić information content (AvgIpc) is 3.38. The molecule has 9 nitrogen and oxygen atoms in total. The lowest BCUT2D eigenvalue weighted by molar-refractivity contribution is -0.145. The number of amides is 1. The van der Waals surface area contributed by atoms with Crippen molar-refractivity contribution in [3.05, 3.63) is 133 Å². The average molecular weight is 634 g/mol. The van der Waals surface area contributed by atoms with E-state index in [4.69, 9.17) is 19.2 Å². The Morgan fingerprint density at radius 3 is 2.46 bits per heavy atom. The van der Waals surface area contributed by atoms with Crippen LogP contribution >= 0.6 is 11.3 Å². The summed E-state index contributed by atoms with van der Waals surface area (Å²) in [7, 11) is 1.58. The number of para-hydroxylation sites is 1. The predicted molar refractivity (Wildman–Crippen MR) is 178 cm³/mol. The number of ether oxygens (including phenoxy) is 3. The van der Waals surface area contributed by atoms with Crippen LogP contribution in [0.1, 0.15) is 31.0 Å². The number of nitrogens with one attached hydrogen (secondary N) is 1. The molecule has 0 unspecified atom stereocenters. The van der Waals surface area contributed by atoms with Crippen LogP contribution in [0.25, 0.3) is 16.8 Å². The van der Waals surface area contributed by atoms with Gasteiger partial charge in [0, 0.05) is 11.3 Å². The van der Waals surface area contributed by atoms with Gasteiger partial charge in [-0.2, -0.15) is 0 Å². The van der Waals surface area contributed by atoms with Crippen LogP contribution < -0.4 is 29.7 Å². The molecule has 6 rings (SSSR count).